The van der Waals surface area contributed by atoms with Gasteiger partial charge in [-0.2, -0.15) is 13.2 Å². The number of alkyl halides is 3. The maximum atomic E-state index is 12.8. The van der Waals surface area contributed by atoms with E-state index >= 15 is 0 Å². The van der Waals surface area contributed by atoms with E-state index in [1.165, 1.54) is 14.0 Å². The summed E-state index contributed by atoms with van der Waals surface area (Å²) in [5, 5.41) is 11.4. The molecule has 1 heterocycles. The Kier molecular flexibility index (Phi) is 4.17. The summed E-state index contributed by atoms with van der Waals surface area (Å²) in [6, 6.07) is 2.76. The Labute approximate surface area is 127 Å². The minimum atomic E-state index is -4.56. The van der Waals surface area contributed by atoms with Crippen LogP contribution in [-0.2, 0) is 13.2 Å². The largest absolute Gasteiger partial charge is 0.529 e. The van der Waals surface area contributed by atoms with Gasteiger partial charge in [0.15, 0.2) is 6.09 Å². The molecule has 1 N–H and O–H groups in total. The standard InChI is InChI=1S/C13H13F3N4O3/c1-3-20(12(22)23)18-10-11(21)19(2)9-5-4-7(13(14,15)16)6-8(9)17-10/h4-6H,3H2,1-2H3,(H,17,18)(H,22,23)/p-1. The maximum absolute atomic E-state index is 12.8. The van der Waals surface area contributed by atoms with E-state index in [2.05, 4.69) is 10.4 Å². The van der Waals surface area contributed by atoms with Gasteiger partial charge in [0.05, 0.1) is 16.6 Å². The molecule has 0 saturated carbocycles. The molecule has 7 nitrogen and oxygen atoms in total. The van der Waals surface area contributed by atoms with Crippen LogP contribution in [0, 0.1) is 0 Å². The van der Waals surface area contributed by atoms with Gasteiger partial charge >= 0.3 is 6.18 Å². The molecular formula is C13H12F3N4O3-. The number of aryl methyl sites for hydroxylation is 1. The fraction of sp³-hybridized carbons (Fsp3) is 0.308. The average Bonchev–Trinajstić information content (AvgIpc) is 2.47. The van der Waals surface area contributed by atoms with E-state index in [9.17, 15) is 27.9 Å². The number of rotatable bonds is 3. The maximum Gasteiger partial charge on any atom is 0.416 e. The van der Waals surface area contributed by atoms with E-state index in [4.69, 9.17) is 0 Å². The van der Waals surface area contributed by atoms with Gasteiger partial charge in [-0.25, -0.2) is 4.98 Å². The van der Waals surface area contributed by atoms with Gasteiger partial charge in [0.25, 0.3) is 5.56 Å². The Morgan fingerprint density at radius 3 is 2.61 bits per heavy atom. The van der Waals surface area contributed by atoms with Crippen LogP contribution in [-0.4, -0.2) is 27.2 Å². The van der Waals surface area contributed by atoms with Crippen LogP contribution in [0.25, 0.3) is 11.0 Å². The third-order valence-corrected chi connectivity index (χ3v) is 3.18. The summed E-state index contributed by atoms with van der Waals surface area (Å²) in [6.07, 6.45) is -6.15. The van der Waals surface area contributed by atoms with Gasteiger partial charge in [0, 0.05) is 13.6 Å². The number of aromatic nitrogens is 2. The molecule has 2 aromatic rings. The SMILES string of the molecule is CCN(Nc1nc2cc(C(F)(F)F)ccc2n(C)c1=O)C(=O)[O-]. The summed E-state index contributed by atoms with van der Waals surface area (Å²) in [7, 11) is 1.35. The number of anilines is 1. The Hall–Kier alpha value is -2.78. The second-order valence-electron chi connectivity index (χ2n) is 4.65. The molecule has 0 aliphatic rings. The van der Waals surface area contributed by atoms with Crippen LogP contribution in [0.15, 0.2) is 23.0 Å². The van der Waals surface area contributed by atoms with Gasteiger partial charge in [0.1, 0.15) is 0 Å². The number of carboxylic acid groups (broad SMARTS) is 1. The second kappa shape index (κ2) is 5.78. The van der Waals surface area contributed by atoms with E-state index in [0.29, 0.717) is 5.01 Å². The minimum absolute atomic E-state index is 0.0478. The summed E-state index contributed by atoms with van der Waals surface area (Å²) in [5.41, 5.74) is 0.715. The molecule has 0 aliphatic heterocycles. The lowest BCUT2D eigenvalue weighted by Crippen LogP contribution is -2.46. The number of carbonyl (C=O) groups excluding carboxylic acids is 1. The lowest BCUT2D eigenvalue weighted by molar-refractivity contribution is -0.263. The number of carbonyl (C=O) groups is 1. The number of nitrogens with zero attached hydrogens (tertiary/aromatic N) is 3. The molecule has 0 unspecified atom stereocenters. The molecular weight excluding hydrogens is 317 g/mol. The van der Waals surface area contributed by atoms with Crippen LogP contribution in [0.2, 0.25) is 0 Å². The molecule has 10 heteroatoms. The lowest BCUT2D eigenvalue weighted by Gasteiger charge is -2.24. The first kappa shape index (κ1) is 16.6. The zero-order valence-corrected chi connectivity index (χ0v) is 12.1. The molecule has 2 rings (SSSR count). The van der Waals surface area contributed by atoms with Crippen molar-refractivity contribution in [1.29, 1.82) is 0 Å². The van der Waals surface area contributed by atoms with Crippen molar-refractivity contribution in [3.63, 3.8) is 0 Å². The fourth-order valence-electron chi connectivity index (χ4n) is 1.96. The highest BCUT2D eigenvalue weighted by Crippen LogP contribution is 2.30. The van der Waals surface area contributed by atoms with Gasteiger partial charge in [-0.15, -0.1) is 0 Å². The predicted molar refractivity (Wildman–Crippen MR) is 73.4 cm³/mol. The average molecular weight is 329 g/mol. The van der Waals surface area contributed by atoms with Crippen molar-refractivity contribution in [1.82, 2.24) is 14.6 Å². The first-order chi connectivity index (χ1) is 10.6. The quantitative estimate of drug-likeness (QED) is 0.847. The zero-order chi connectivity index (χ0) is 17.4. The molecule has 23 heavy (non-hydrogen) atoms. The summed E-state index contributed by atoms with van der Waals surface area (Å²) in [5.74, 6) is -0.412. The van der Waals surface area contributed by atoms with Crippen LogP contribution < -0.4 is 16.1 Å². The van der Waals surface area contributed by atoms with Gasteiger partial charge in [-0.3, -0.25) is 15.2 Å². The first-order valence-electron chi connectivity index (χ1n) is 6.48. The van der Waals surface area contributed by atoms with Crippen LogP contribution in [0.4, 0.5) is 23.8 Å². The number of hydrazine groups is 1. The molecule has 1 amide bonds. The van der Waals surface area contributed by atoms with E-state index in [-0.39, 0.29) is 17.6 Å². The Morgan fingerprint density at radius 1 is 1.43 bits per heavy atom. The highest BCUT2D eigenvalue weighted by molar-refractivity contribution is 5.77. The Balaban J connectivity index is 2.60. The van der Waals surface area contributed by atoms with Gasteiger partial charge < -0.3 is 14.5 Å². The van der Waals surface area contributed by atoms with Gasteiger partial charge in [-0.1, -0.05) is 0 Å². The lowest BCUT2D eigenvalue weighted by atomic mass is 10.2. The summed E-state index contributed by atoms with van der Waals surface area (Å²) in [6.45, 7) is 1.43. The molecule has 0 radical (unpaired) electrons. The summed E-state index contributed by atoms with van der Waals surface area (Å²) >= 11 is 0. The topological polar surface area (TPSA) is 90.3 Å². The van der Waals surface area contributed by atoms with Crippen molar-refractivity contribution >= 4 is 22.9 Å². The van der Waals surface area contributed by atoms with Crippen molar-refractivity contribution in [3.8, 4) is 0 Å². The van der Waals surface area contributed by atoms with E-state index in [0.717, 1.165) is 22.8 Å². The monoisotopic (exact) mass is 329 g/mol. The van der Waals surface area contributed by atoms with E-state index in [1.54, 1.807) is 0 Å². The number of hydrogen-bond acceptors (Lipinski definition) is 5. The highest BCUT2D eigenvalue weighted by Gasteiger charge is 2.30. The third-order valence-electron chi connectivity index (χ3n) is 3.18. The zero-order valence-electron chi connectivity index (χ0n) is 12.1. The summed E-state index contributed by atoms with van der Waals surface area (Å²) < 4.78 is 39.4. The number of benzene rings is 1. The van der Waals surface area contributed by atoms with Gasteiger partial charge in [0.2, 0.25) is 5.82 Å². The van der Waals surface area contributed by atoms with Crippen molar-refractivity contribution in [2.45, 2.75) is 13.1 Å². The fourth-order valence-corrected chi connectivity index (χ4v) is 1.96. The summed E-state index contributed by atoms with van der Waals surface area (Å²) in [4.78, 5) is 26.8. The number of amides is 1. The van der Waals surface area contributed by atoms with Crippen LogP contribution in [0.3, 0.4) is 0 Å². The Morgan fingerprint density at radius 2 is 2.09 bits per heavy atom. The molecule has 1 aromatic carbocycles. The molecule has 0 fully saturated rings. The van der Waals surface area contributed by atoms with E-state index < -0.39 is 29.2 Å². The third kappa shape index (κ3) is 3.20. The van der Waals surface area contributed by atoms with Crippen molar-refractivity contribution in [2.75, 3.05) is 12.0 Å². The molecule has 0 aliphatic carbocycles. The van der Waals surface area contributed by atoms with Crippen molar-refractivity contribution in [2.24, 2.45) is 7.05 Å². The number of hydrogen-bond donors (Lipinski definition) is 1. The highest BCUT2D eigenvalue weighted by atomic mass is 19.4. The van der Waals surface area contributed by atoms with Crippen molar-refractivity contribution in [3.05, 3.63) is 34.1 Å². The van der Waals surface area contributed by atoms with Gasteiger partial charge in [-0.05, 0) is 25.1 Å². The van der Waals surface area contributed by atoms with Crippen LogP contribution in [0.1, 0.15) is 12.5 Å². The first-order valence-corrected chi connectivity index (χ1v) is 6.48. The molecule has 0 saturated heterocycles. The molecule has 0 bridgehead atoms. The van der Waals surface area contributed by atoms with Crippen LogP contribution in [0.5, 0.6) is 0 Å². The number of nitrogens with one attached hydrogen (secondary N) is 1. The van der Waals surface area contributed by atoms with Crippen molar-refractivity contribution < 1.29 is 23.1 Å². The number of halogens is 3. The smallest absolute Gasteiger partial charge is 0.416 e. The molecule has 0 spiro atoms. The number of fused-ring (bicyclic) bond motifs is 1. The van der Waals surface area contributed by atoms with E-state index in [1.807, 2.05) is 0 Å². The minimum Gasteiger partial charge on any atom is -0.529 e. The molecule has 0 atom stereocenters. The van der Waals surface area contributed by atoms with Crippen LogP contribution >= 0.6 is 0 Å². The second-order valence-corrected chi connectivity index (χ2v) is 4.65. The molecule has 1 aromatic heterocycles. The molecule has 124 valence electrons. The predicted octanol–water partition coefficient (Wildman–Crippen LogP) is 0.944. The normalized spacial score (nSPS) is 11.5. The Bertz CT molecular complexity index is 816.